The topological polar surface area (TPSA) is 50.8 Å². The van der Waals surface area contributed by atoms with Gasteiger partial charge in [-0.2, -0.15) is 0 Å². The van der Waals surface area contributed by atoms with Crippen LogP contribution in [0.4, 0.5) is 0 Å². The van der Waals surface area contributed by atoms with E-state index in [2.05, 4.69) is 40.2 Å². The molecule has 3 rings (SSSR count). The molecule has 0 aliphatic heterocycles. The quantitative estimate of drug-likeness (QED) is 0.394. The molecule has 2 N–H and O–H groups in total. The Morgan fingerprint density at radius 1 is 1.04 bits per heavy atom. The second-order valence-electron chi connectivity index (χ2n) is 6.31. The van der Waals surface area contributed by atoms with Crippen LogP contribution < -0.4 is 5.73 Å². The molecule has 4 nitrogen and oxygen atoms in total. The molecule has 0 saturated heterocycles. The van der Waals surface area contributed by atoms with E-state index in [9.17, 15) is 0 Å². The zero-order valence-electron chi connectivity index (χ0n) is 14.6. The molecule has 2 aromatic carbocycles. The van der Waals surface area contributed by atoms with Crippen molar-refractivity contribution in [3.05, 3.63) is 71.3 Å². The van der Waals surface area contributed by atoms with E-state index in [-0.39, 0.29) is 24.0 Å². The van der Waals surface area contributed by atoms with Crippen LogP contribution in [0.25, 0.3) is 0 Å². The van der Waals surface area contributed by atoms with E-state index >= 15 is 0 Å². The second kappa shape index (κ2) is 9.77. The van der Waals surface area contributed by atoms with Crippen molar-refractivity contribution in [3.63, 3.8) is 0 Å². The summed E-state index contributed by atoms with van der Waals surface area (Å²) in [6.45, 7) is 1.83. The lowest BCUT2D eigenvalue weighted by Crippen LogP contribution is -2.35. The SMILES string of the molecule is CN(C(N)=NCc1cccc(COCc2ccccc2)c1)C1CC1.I. The number of hydrogen-bond acceptors (Lipinski definition) is 2. The first-order valence-corrected chi connectivity index (χ1v) is 8.44. The summed E-state index contributed by atoms with van der Waals surface area (Å²) in [6.07, 6.45) is 2.45. The average molecular weight is 451 g/mol. The average Bonchev–Trinajstić information content (AvgIpc) is 3.45. The van der Waals surface area contributed by atoms with Crippen molar-refractivity contribution in [1.82, 2.24) is 4.90 Å². The Kier molecular flexibility index (Phi) is 7.71. The summed E-state index contributed by atoms with van der Waals surface area (Å²) in [5.74, 6) is 0.628. The first-order valence-electron chi connectivity index (χ1n) is 8.44. The molecule has 1 fully saturated rings. The van der Waals surface area contributed by atoms with Crippen LogP contribution in [0, 0.1) is 0 Å². The lowest BCUT2D eigenvalue weighted by Gasteiger charge is -2.16. The molecule has 5 heteroatoms. The van der Waals surface area contributed by atoms with Crippen LogP contribution in [0.15, 0.2) is 59.6 Å². The number of guanidine groups is 1. The van der Waals surface area contributed by atoms with Crippen LogP contribution >= 0.6 is 24.0 Å². The predicted molar refractivity (Wildman–Crippen MR) is 113 cm³/mol. The number of benzene rings is 2. The maximum absolute atomic E-state index is 6.04. The minimum Gasteiger partial charge on any atom is -0.372 e. The molecule has 0 atom stereocenters. The Balaban J connectivity index is 0.00000225. The van der Waals surface area contributed by atoms with Crippen molar-refractivity contribution < 1.29 is 4.74 Å². The number of hydrogen-bond donors (Lipinski definition) is 1. The van der Waals surface area contributed by atoms with Crippen LogP contribution in [0.1, 0.15) is 29.5 Å². The van der Waals surface area contributed by atoms with Crippen molar-refractivity contribution >= 4 is 29.9 Å². The molecule has 0 heterocycles. The molecule has 134 valence electrons. The fourth-order valence-electron chi connectivity index (χ4n) is 2.61. The summed E-state index contributed by atoms with van der Waals surface area (Å²) in [4.78, 5) is 6.58. The normalized spacial score (nSPS) is 14.0. The molecular formula is C20H26IN3O. The Bertz CT molecular complexity index is 686. The standard InChI is InChI=1S/C20H25N3O.HI/c1-23(19-10-11-19)20(21)22-13-17-8-5-9-18(12-17)15-24-14-16-6-3-2-4-7-16;/h2-9,12,19H,10-11,13-15H2,1H3,(H2,21,22);1H. The molecule has 1 aliphatic rings. The number of nitrogens with zero attached hydrogens (tertiary/aromatic N) is 2. The van der Waals surface area contributed by atoms with E-state index in [0.717, 1.165) is 11.1 Å². The van der Waals surface area contributed by atoms with E-state index in [4.69, 9.17) is 10.5 Å². The third kappa shape index (κ3) is 6.32. The largest absolute Gasteiger partial charge is 0.372 e. The molecule has 0 radical (unpaired) electrons. The van der Waals surface area contributed by atoms with E-state index in [1.165, 1.54) is 18.4 Å². The fourth-order valence-corrected chi connectivity index (χ4v) is 2.61. The second-order valence-corrected chi connectivity index (χ2v) is 6.31. The number of halogens is 1. The summed E-state index contributed by atoms with van der Waals surface area (Å²) in [5.41, 5.74) is 9.54. The van der Waals surface area contributed by atoms with E-state index in [1.54, 1.807) is 0 Å². The zero-order valence-corrected chi connectivity index (χ0v) is 16.9. The molecular weight excluding hydrogens is 425 g/mol. The van der Waals surface area contributed by atoms with Gasteiger partial charge < -0.3 is 15.4 Å². The monoisotopic (exact) mass is 451 g/mol. The molecule has 0 amide bonds. The first kappa shape index (κ1) is 19.7. The molecule has 0 spiro atoms. The van der Waals surface area contributed by atoms with Crippen LogP contribution in [-0.2, 0) is 24.5 Å². The zero-order chi connectivity index (χ0) is 16.8. The third-order valence-corrected chi connectivity index (χ3v) is 4.25. The Morgan fingerprint density at radius 3 is 2.40 bits per heavy atom. The summed E-state index contributed by atoms with van der Waals surface area (Å²) in [6, 6.07) is 19.2. The van der Waals surface area contributed by atoms with E-state index in [0.29, 0.717) is 31.8 Å². The Labute approximate surface area is 167 Å². The maximum atomic E-state index is 6.04. The highest BCUT2D eigenvalue weighted by molar-refractivity contribution is 14.0. The van der Waals surface area contributed by atoms with Gasteiger partial charge in [0.2, 0.25) is 0 Å². The highest BCUT2D eigenvalue weighted by atomic mass is 127. The number of aliphatic imine (C=N–C) groups is 1. The summed E-state index contributed by atoms with van der Waals surface area (Å²) in [7, 11) is 2.02. The van der Waals surface area contributed by atoms with Crippen LogP contribution in [0.3, 0.4) is 0 Å². The summed E-state index contributed by atoms with van der Waals surface area (Å²) < 4.78 is 5.80. The molecule has 1 aliphatic carbocycles. The summed E-state index contributed by atoms with van der Waals surface area (Å²) in [5, 5.41) is 0. The van der Waals surface area contributed by atoms with Gasteiger partial charge >= 0.3 is 0 Å². The van der Waals surface area contributed by atoms with Crippen molar-refractivity contribution in [2.24, 2.45) is 10.7 Å². The first-order chi connectivity index (χ1) is 11.7. The van der Waals surface area contributed by atoms with Crippen LogP contribution in [0.5, 0.6) is 0 Å². The molecule has 1 saturated carbocycles. The van der Waals surface area contributed by atoms with E-state index in [1.807, 2.05) is 31.3 Å². The molecule has 2 aromatic rings. The van der Waals surface area contributed by atoms with Gasteiger partial charge in [-0.05, 0) is 29.5 Å². The lowest BCUT2D eigenvalue weighted by atomic mass is 10.1. The third-order valence-electron chi connectivity index (χ3n) is 4.25. The predicted octanol–water partition coefficient (Wildman–Crippen LogP) is 3.93. The Hall–Kier alpha value is -1.60. The van der Waals surface area contributed by atoms with Crippen LogP contribution in [0.2, 0.25) is 0 Å². The number of ether oxygens (including phenoxy) is 1. The van der Waals surface area contributed by atoms with Crippen LogP contribution in [-0.4, -0.2) is 23.9 Å². The molecule has 0 aromatic heterocycles. The van der Waals surface area contributed by atoms with Gasteiger partial charge in [0.05, 0.1) is 19.8 Å². The van der Waals surface area contributed by atoms with Crippen molar-refractivity contribution in [1.29, 1.82) is 0 Å². The van der Waals surface area contributed by atoms with Gasteiger partial charge in [-0.25, -0.2) is 4.99 Å². The highest BCUT2D eigenvalue weighted by Gasteiger charge is 2.27. The van der Waals surface area contributed by atoms with Gasteiger partial charge in [0.1, 0.15) is 0 Å². The molecule has 0 unspecified atom stereocenters. The van der Waals surface area contributed by atoms with E-state index < -0.39 is 0 Å². The minimum atomic E-state index is 0. The van der Waals surface area contributed by atoms with Gasteiger partial charge in [0.15, 0.2) is 5.96 Å². The van der Waals surface area contributed by atoms with Gasteiger partial charge in [0.25, 0.3) is 0 Å². The number of rotatable bonds is 7. The van der Waals surface area contributed by atoms with Gasteiger partial charge in [0, 0.05) is 13.1 Å². The Morgan fingerprint density at radius 2 is 1.68 bits per heavy atom. The van der Waals surface area contributed by atoms with Gasteiger partial charge in [-0.3, -0.25) is 0 Å². The van der Waals surface area contributed by atoms with Crippen molar-refractivity contribution in [3.8, 4) is 0 Å². The highest BCUT2D eigenvalue weighted by Crippen LogP contribution is 2.24. The van der Waals surface area contributed by atoms with Gasteiger partial charge in [-0.15, -0.1) is 24.0 Å². The summed E-state index contributed by atoms with van der Waals surface area (Å²) >= 11 is 0. The fraction of sp³-hybridized carbons (Fsp3) is 0.350. The van der Waals surface area contributed by atoms with Crippen molar-refractivity contribution in [2.75, 3.05) is 7.05 Å². The maximum Gasteiger partial charge on any atom is 0.191 e. The van der Waals surface area contributed by atoms with Gasteiger partial charge in [-0.1, -0.05) is 54.6 Å². The molecule has 25 heavy (non-hydrogen) atoms. The smallest absolute Gasteiger partial charge is 0.191 e. The lowest BCUT2D eigenvalue weighted by molar-refractivity contribution is 0.107. The molecule has 0 bridgehead atoms. The number of nitrogens with two attached hydrogens (primary N) is 1. The minimum absolute atomic E-state index is 0. The van der Waals surface area contributed by atoms with Crippen molar-refractivity contribution in [2.45, 2.75) is 38.6 Å².